The zero-order valence-electron chi connectivity index (χ0n) is 15.4. The van der Waals surface area contributed by atoms with Crippen LogP contribution in [0.2, 0.25) is 0 Å². The summed E-state index contributed by atoms with van der Waals surface area (Å²) in [5.74, 6) is 1.63. The highest BCUT2D eigenvalue weighted by Crippen LogP contribution is 2.42. The predicted molar refractivity (Wildman–Crippen MR) is 101 cm³/mol. The monoisotopic (exact) mass is 372 g/mol. The van der Waals surface area contributed by atoms with Crippen molar-refractivity contribution in [1.82, 2.24) is 4.98 Å². The molecule has 0 fully saturated rings. The molecule has 0 spiro atoms. The number of methoxy groups -OCH3 is 4. The zero-order chi connectivity index (χ0) is 19.6. The maximum atomic E-state index is 11.9. The molecule has 0 saturated carbocycles. The lowest BCUT2D eigenvalue weighted by Gasteiger charge is -2.14. The number of nitrogen functional groups attached to an aromatic ring is 1. The molecule has 3 N–H and O–H groups in total. The van der Waals surface area contributed by atoms with Gasteiger partial charge in [-0.1, -0.05) is 0 Å². The molecule has 0 radical (unpaired) electrons. The Hall–Kier alpha value is -3.55. The Balaban J connectivity index is 2.20. The molecule has 3 aromatic rings. The normalized spacial score (nSPS) is 10.5. The molecule has 0 bridgehead atoms. The van der Waals surface area contributed by atoms with Gasteiger partial charge in [-0.3, -0.25) is 4.98 Å². The highest BCUT2D eigenvalue weighted by molar-refractivity contribution is 5.81. The molecule has 27 heavy (non-hydrogen) atoms. The molecule has 0 atom stereocenters. The predicted octanol–water partition coefficient (Wildman–Crippen LogP) is 2.92. The number of nitrogens with two attached hydrogens (primary N) is 1. The summed E-state index contributed by atoms with van der Waals surface area (Å²) in [5, 5.41) is 0. The number of oxazole rings is 1. The number of anilines is 1. The van der Waals surface area contributed by atoms with E-state index in [0.29, 0.717) is 51.3 Å². The van der Waals surface area contributed by atoms with Gasteiger partial charge in [0.15, 0.2) is 17.3 Å². The van der Waals surface area contributed by atoms with Gasteiger partial charge in [0.25, 0.3) is 0 Å². The van der Waals surface area contributed by atoms with Gasteiger partial charge in [-0.25, -0.2) is 4.79 Å². The first-order valence-corrected chi connectivity index (χ1v) is 7.99. The van der Waals surface area contributed by atoms with Crippen LogP contribution in [0.25, 0.3) is 22.6 Å². The van der Waals surface area contributed by atoms with Crippen molar-refractivity contribution >= 4 is 5.69 Å². The van der Waals surface area contributed by atoms with Gasteiger partial charge in [0.05, 0.1) is 39.8 Å². The average Bonchev–Trinajstić information content (AvgIpc) is 3.08. The molecule has 0 saturated heterocycles. The van der Waals surface area contributed by atoms with E-state index in [1.807, 2.05) is 0 Å². The van der Waals surface area contributed by atoms with Gasteiger partial charge in [0, 0.05) is 11.1 Å². The second-order valence-corrected chi connectivity index (χ2v) is 5.59. The van der Waals surface area contributed by atoms with Crippen molar-refractivity contribution in [3.8, 4) is 45.6 Å². The van der Waals surface area contributed by atoms with E-state index in [2.05, 4.69) is 4.98 Å². The van der Waals surface area contributed by atoms with Crippen LogP contribution in [0.3, 0.4) is 0 Å². The molecule has 0 aliphatic rings. The molecule has 3 rings (SSSR count). The smallest absolute Gasteiger partial charge is 0.417 e. The summed E-state index contributed by atoms with van der Waals surface area (Å²) in [7, 11) is 6.09. The second kappa shape index (κ2) is 7.36. The molecule has 8 nitrogen and oxygen atoms in total. The minimum absolute atomic E-state index is 0.337. The van der Waals surface area contributed by atoms with E-state index in [-0.39, 0.29) is 0 Å². The van der Waals surface area contributed by atoms with E-state index in [0.717, 1.165) is 0 Å². The molecule has 0 amide bonds. The van der Waals surface area contributed by atoms with Crippen LogP contribution in [0.5, 0.6) is 23.0 Å². The standard InChI is InChI=1S/C19H20N2O6/c1-23-13-6-5-10(7-12(13)20)17-16(21-19(22)27-17)11-8-14(24-2)18(26-4)15(9-11)25-3/h5-9H,20H2,1-4H3,(H,21,22). The minimum atomic E-state index is -0.594. The van der Waals surface area contributed by atoms with Gasteiger partial charge in [0.1, 0.15) is 5.75 Å². The molecule has 0 aliphatic heterocycles. The summed E-state index contributed by atoms with van der Waals surface area (Å²) < 4.78 is 26.6. The van der Waals surface area contributed by atoms with Gasteiger partial charge in [-0.15, -0.1) is 0 Å². The maximum absolute atomic E-state index is 11.9. The van der Waals surface area contributed by atoms with Crippen LogP contribution in [0, 0.1) is 0 Å². The number of hydrogen-bond acceptors (Lipinski definition) is 7. The minimum Gasteiger partial charge on any atom is -0.495 e. The highest BCUT2D eigenvalue weighted by Gasteiger charge is 2.20. The van der Waals surface area contributed by atoms with Crippen molar-refractivity contribution in [3.05, 3.63) is 40.9 Å². The van der Waals surface area contributed by atoms with Gasteiger partial charge < -0.3 is 29.1 Å². The number of hydrogen-bond donors (Lipinski definition) is 2. The number of nitrogens with one attached hydrogen (secondary N) is 1. The van der Waals surface area contributed by atoms with Crippen molar-refractivity contribution in [3.63, 3.8) is 0 Å². The number of aromatic amines is 1. The van der Waals surface area contributed by atoms with E-state index >= 15 is 0 Å². The molecule has 8 heteroatoms. The molecular formula is C19H20N2O6. The van der Waals surface area contributed by atoms with Crippen LogP contribution in [0.4, 0.5) is 5.69 Å². The van der Waals surface area contributed by atoms with Crippen molar-refractivity contribution in [2.45, 2.75) is 0 Å². The third-order valence-corrected chi connectivity index (χ3v) is 4.09. The lowest BCUT2D eigenvalue weighted by atomic mass is 10.0. The highest BCUT2D eigenvalue weighted by atomic mass is 16.5. The molecule has 1 heterocycles. The fourth-order valence-electron chi connectivity index (χ4n) is 2.84. The number of aromatic nitrogens is 1. The summed E-state index contributed by atoms with van der Waals surface area (Å²) in [4.78, 5) is 14.6. The van der Waals surface area contributed by atoms with Gasteiger partial charge in [-0.05, 0) is 30.3 Å². The SMILES string of the molecule is COc1ccc(-c2oc(=O)[nH]c2-c2cc(OC)c(OC)c(OC)c2)cc1N. The lowest BCUT2D eigenvalue weighted by Crippen LogP contribution is -1.97. The van der Waals surface area contributed by atoms with Gasteiger partial charge in [-0.2, -0.15) is 0 Å². The summed E-state index contributed by atoms with van der Waals surface area (Å²) in [6.07, 6.45) is 0. The first kappa shape index (κ1) is 18.2. The van der Waals surface area contributed by atoms with Crippen LogP contribution in [0.1, 0.15) is 0 Å². The Kier molecular flexibility index (Phi) is 4.98. The molecule has 0 unspecified atom stereocenters. The summed E-state index contributed by atoms with van der Waals surface area (Å²) in [5.41, 5.74) is 8.12. The van der Waals surface area contributed by atoms with E-state index in [4.69, 9.17) is 29.1 Å². The van der Waals surface area contributed by atoms with Crippen molar-refractivity contribution in [2.75, 3.05) is 34.2 Å². The lowest BCUT2D eigenvalue weighted by molar-refractivity contribution is 0.324. The van der Waals surface area contributed by atoms with E-state index in [9.17, 15) is 4.79 Å². The fourth-order valence-corrected chi connectivity index (χ4v) is 2.84. The van der Waals surface area contributed by atoms with Gasteiger partial charge in [0.2, 0.25) is 5.75 Å². The van der Waals surface area contributed by atoms with E-state index in [1.54, 1.807) is 30.3 Å². The first-order chi connectivity index (χ1) is 13.0. The molecule has 0 aliphatic carbocycles. The molecule has 1 aromatic heterocycles. The zero-order valence-corrected chi connectivity index (χ0v) is 15.4. The largest absolute Gasteiger partial charge is 0.495 e. The van der Waals surface area contributed by atoms with Crippen molar-refractivity contribution in [1.29, 1.82) is 0 Å². The average molecular weight is 372 g/mol. The Morgan fingerprint density at radius 2 is 1.48 bits per heavy atom. The summed E-state index contributed by atoms with van der Waals surface area (Å²) in [6.45, 7) is 0. The number of ether oxygens (including phenoxy) is 4. The van der Waals surface area contributed by atoms with Crippen molar-refractivity contribution < 1.29 is 23.4 Å². The first-order valence-electron chi connectivity index (χ1n) is 7.99. The second-order valence-electron chi connectivity index (χ2n) is 5.59. The van der Waals surface area contributed by atoms with Crippen LogP contribution in [-0.2, 0) is 0 Å². The van der Waals surface area contributed by atoms with Crippen molar-refractivity contribution in [2.24, 2.45) is 0 Å². The van der Waals surface area contributed by atoms with Gasteiger partial charge >= 0.3 is 5.76 Å². The Labute approximate surface area is 155 Å². The van der Waals surface area contributed by atoms with Crippen LogP contribution < -0.4 is 30.4 Å². The summed E-state index contributed by atoms with van der Waals surface area (Å²) in [6, 6.07) is 8.57. The third kappa shape index (κ3) is 3.29. The Bertz CT molecular complexity index is 996. The van der Waals surface area contributed by atoms with E-state index in [1.165, 1.54) is 28.4 Å². The maximum Gasteiger partial charge on any atom is 0.417 e. The molecule has 142 valence electrons. The number of rotatable bonds is 6. The van der Waals surface area contributed by atoms with Crippen LogP contribution >= 0.6 is 0 Å². The number of benzene rings is 2. The quantitative estimate of drug-likeness (QED) is 0.640. The van der Waals surface area contributed by atoms with E-state index < -0.39 is 5.76 Å². The Morgan fingerprint density at radius 1 is 0.852 bits per heavy atom. The molecular weight excluding hydrogens is 352 g/mol. The number of H-pyrrole nitrogens is 1. The van der Waals surface area contributed by atoms with Crippen LogP contribution in [-0.4, -0.2) is 33.4 Å². The topological polar surface area (TPSA) is 109 Å². The Morgan fingerprint density at radius 3 is 2.00 bits per heavy atom. The third-order valence-electron chi connectivity index (χ3n) is 4.09. The summed E-state index contributed by atoms with van der Waals surface area (Å²) >= 11 is 0. The van der Waals surface area contributed by atoms with Crippen LogP contribution in [0.15, 0.2) is 39.5 Å². The fraction of sp³-hybridized carbons (Fsp3) is 0.211. The molecule has 2 aromatic carbocycles.